The number of hydrogen-bond donors (Lipinski definition) is 1. The summed E-state index contributed by atoms with van der Waals surface area (Å²) in [6, 6.07) is 0. The van der Waals surface area contributed by atoms with Gasteiger partial charge in [-0.3, -0.25) is 0 Å². The van der Waals surface area contributed by atoms with Crippen LogP contribution in [0, 0.1) is 0 Å². The molecule has 67 valence electrons. The van der Waals surface area contributed by atoms with Crippen LogP contribution in [0.1, 0.15) is 32.1 Å². The molecule has 11 heavy (non-hydrogen) atoms. The first-order valence-electron chi connectivity index (χ1n) is 3.64. The number of rotatable bonds is 0. The third-order valence-corrected chi connectivity index (χ3v) is 1.57. The van der Waals surface area contributed by atoms with Gasteiger partial charge in [-0.2, -0.15) is 0 Å². The fraction of sp³-hybridized carbons (Fsp3) is 1.00. The van der Waals surface area contributed by atoms with Crippen LogP contribution in [0.4, 0.5) is 0 Å². The number of aliphatic hydroxyl groups excluding tert-OH is 1. The normalized spacial score (nSPS) is 18.5. The van der Waals surface area contributed by atoms with Gasteiger partial charge in [0, 0.05) is 0 Å². The molecule has 5 heteroatoms. The van der Waals surface area contributed by atoms with E-state index in [1.807, 2.05) is 0 Å². The molecule has 0 amide bonds. The molecule has 0 aromatic carbocycles. The molecule has 0 aromatic heterocycles. The topological polar surface area (TPSA) is 20.2 Å². The molecular formula is C6H12Cl3OTi. The fourth-order valence-electron chi connectivity index (χ4n) is 1.08. The van der Waals surface area contributed by atoms with E-state index < -0.39 is 14.7 Å². The molecule has 1 rings (SSSR count). The van der Waals surface area contributed by atoms with Crippen LogP contribution in [0.3, 0.4) is 0 Å². The Morgan fingerprint density at radius 2 is 1.36 bits per heavy atom. The van der Waals surface area contributed by atoms with E-state index in [9.17, 15) is 0 Å². The van der Waals surface area contributed by atoms with Crippen molar-refractivity contribution in [3.8, 4) is 0 Å². The van der Waals surface area contributed by atoms with Crippen LogP contribution in [0.2, 0.25) is 0 Å². The zero-order valence-electron chi connectivity index (χ0n) is 6.19. The summed E-state index contributed by atoms with van der Waals surface area (Å²) >= 11 is -1.92. The summed E-state index contributed by atoms with van der Waals surface area (Å²) in [5.74, 6) is 0. The van der Waals surface area contributed by atoms with Gasteiger partial charge in [-0.05, 0) is 12.8 Å². The maximum atomic E-state index is 8.91. The molecule has 0 unspecified atom stereocenters. The quantitative estimate of drug-likeness (QED) is 0.657. The first kappa shape index (κ1) is 12.5. The Morgan fingerprint density at radius 3 is 1.55 bits per heavy atom. The van der Waals surface area contributed by atoms with Crippen LogP contribution < -0.4 is 0 Å². The SMILES string of the molecule is OC1CCCCC1.[Cl][Ti]([Cl])[Cl]. The Kier molecular flexibility index (Phi) is 9.30. The van der Waals surface area contributed by atoms with Crippen LogP contribution in [-0.2, 0) is 14.7 Å². The van der Waals surface area contributed by atoms with Crippen molar-refractivity contribution in [1.29, 1.82) is 0 Å². The van der Waals surface area contributed by atoms with E-state index >= 15 is 0 Å². The second-order valence-corrected chi connectivity index (χ2v) is 10.2. The second-order valence-electron chi connectivity index (χ2n) is 2.51. The Bertz CT molecular complexity index is 83.1. The molecule has 1 fully saturated rings. The van der Waals surface area contributed by atoms with Gasteiger partial charge in [0.2, 0.25) is 0 Å². The van der Waals surface area contributed by atoms with E-state index in [1.165, 1.54) is 19.3 Å². The van der Waals surface area contributed by atoms with Crippen molar-refractivity contribution in [2.45, 2.75) is 38.2 Å². The van der Waals surface area contributed by atoms with Crippen LogP contribution >= 0.6 is 27.9 Å². The Labute approximate surface area is 85.5 Å². The van der Waals surface area contributed by atoms with E-state index in [1.54, 1.807) is 0 Å². The summed E-state index contributed by atoms with van der Waals surface area (Å²) in [5.41, 5.74) is 0. The van der Waals surface area contributed by atoms with Crippen molar-refractivity contribution < 1.29 is 19.8 Å². The molecule has 0 radical (unpaired) electrons. The first-order valence-corrected chi connectivity index (χ1v) is 10.1. The van der Waals surface area contributed by atoms with Crippen LogP contribution in [0.25, 0.3) is 0 Å². The van der Waals surface area contributed by atoms with Gasteiger partial charge in [-0.25, -0.2) is 0 Å². The number of aliphatic hydroxyl groups is 1. The molecule has 1 aliphatic rings. The minimum atomic E-state index is -1.92. The van der Waals surface area contributed by atoms with Gasteiger partial charge in [0.15, 0.2) is 0 Å². The van der Waals surface area contributed by atoms with Crippen LogP contribution in [0.5, 0.6) is 0 Å². The van der Waals surface area contributed by atoms with Crippen LogP contribution in [0.15, 0.2) is 0 Å². The summed E-state index contributed by atoms with van der Waals surface area (Å²) in [5, 5.41) is 8.91. The summed E-state index contributed by atoms with van der Waals surface area (Å²) in [6.07, 6.45) is 5.92. The molecular weight excluding hydrogens is 242 g/mol. The van der Waals surface area contributed by atoms with Crippen molar-refractivity contribution in [3.05, 3.63) is 0 Å². The van der Waals surface area contributed by atoms with Gasteiger partial charge in [0.1, 0.15) is 0 Å². The van der Waals surface area contributed by atoms with Crippen molar-refractivity contribution in [2.24, 2.45) is 0 Å². The zero-order chi connectivity index (χ0) is 8.69. The molecule has 0 bridgehead atoms. The number of hydrogen-bond acceptors (Lipinski definition) is 1. The molecule has 0 saturated heterocycles. The third kappa shape index (κ3) is 11.5. The summed E-state index contributed by atoms with van der Waals surface area (Å²) in [4.78, 5) is 0. The van der Waals surface area contributed by atoms with Gasteiger partial charge in [0.25, 0.3) is 0 Å². The van der Waals surface area contributed by atoms with Crippen molar-refractivity contribution >= 4 is 27.9 Å². The molecule has 0 heterocycles. The molecule has 0 atom stereocenters. The molecule has 0 aliphatic heterocycles. The summed E-state index contributed by atoms with van der Waals surface area (Å²) in [7, 11) is 14.9. The average molecular weight is 254 g/mol. The van der Waals surface area contributed by atoms with Gasteiger partial charge in [0.05, 0.1) is 6.10 Å². The summed E-state index contributed by atoms with van der Waals surface area (Å²) < 4.78 is 0. The van der Waals surface area contributed by atoms with E-state index in [0.717, 1.165) is 12.8 Å². The van der Waals surface area contributed by atoms with Gasteiger partial charge >= 0.3 is 42.6 Å². The number of halogens is 3. The van der Waals surface area contributed by atoms with E-state index in [2.05, 4.69) is 0 Å². The van der Waals surface area contributed by atoms with Crippen molar-refractivity contribution in [3.63, 3.8) is 0 Å². The van der Waals surface area contributed by atoms with Crippen molar-refractivity contribution in [1.82, 2.24) is 0 Å². The molecule has 0 spiro atoms. The predicted molar refractivity (Wildman–Crippen MR) is 46.7 cm³/mol. The Morgan fingerprint density at radius 1 is 1.00 bits per heavy atom. The van der Waals surface area contributed by atoms with Gasteiger partial charge in [-0.15, -0.1) is 0 Å². The third-order valence-electron chi connectivity index (χ3n) is 1.57. The predicted octanol–water partition coefficient (Wildman–Crippen LogP) is 3.38. The van der Waals surface area contributed by atoms with Crippen molar-refractivity contribution in [2.75, 3.05) is 0 Å². The fourth-order valence-corrected chi connectivity index (χ4v) is 1.08. The van der Waals surface area contributed by atoms with E-state index in [-0.39, 0.29) is 6.10 Å². The Balaban J connectivity index is 0.000000218. The van der Waals surface area contributed by atoms with Gasteiger partial charge in [-0.1, -0.05) is 19.3 Å². The summed E-state index contributed by atoms with van der Waals surface area (Å²) in [6.45, 7) is 0. The average Bonchev–Trinajstić information content (AvgIpc) is 1.87. The van der Waals surface area contributed by atoms with E-state index in [0.29, 0.717) is 0 Å². The van der Waals surface area contributed by atoms with E-state index in [4.69, 9.17) is 33.0 Å². The first-order chi connectivity index (χ1) is 5.13. The second kappa shape index (κ2) is 8.16. The molecule has 1 aliphatic carbocycles. The maximum absolute atomic E-state index is 8.91. The molecule has 1 saturated carbocycles. The Hall–Kier alpha value is 1.54. The molecule has 1 nitrogen and oxygen atoms in total. The standard InChI is InChI=1S/C6H12O.3ClH.Ti/c7-6-4-2-1-3-5-6;;;;/h6-7H,1-5H2;3*1H;/q;;;;+3/p-3. The molecule has 1 N–H and O–H groups in total. The zero-order valence-corrected chi connectivity index (χ0v) is 10.0. The van der Waals surface area contributed by atoms with Crippen LogP contribution in [-0.4, -0.2) is 11.2 Å². The van der Waals surface area contributed by atoms with Gasteiger partial charge < -0.3 is 5.11 Å². The minimum absolute atomic E-state index is 0.0359. The molecule has 0 aromatic rings. The monoisotopic (exact) mass is 253 g/mol.